The van der Waals surface area contributed by atoms with E-state index in [4.69, 9.17) is 0 Å². The molecule has 1 aromatic carbocycles. The lowest BCUT2D eigenvalue weighted by Crippen LogP contribution is -2.28. The van der Waals surface area contributed by atoms with E-state index in [1.54, 1.807) is 6.07 Å². The molecule has 0 radical (unpaired) electrons. The van der Waals surface area contributed by atoms with Gasteiger partial charge in [-0.1, -0.05) is 12.1 Å². The average Bonchev–Trinajstić information content (AvgIpc) is 2.37. The fourth-order valence-electron chi connectivity index (χ4n) is 2.48. The minimum atomic E-state index is -3.15. The van der Waals surface area contributed by atoms with Crippen LogP contribution in [0.25, 0.3) is 0 Å². The maximum atomic E-state index is 11.8. The molecule has 1 N–H and O–H groups in total. The molecule has 1 atom stereocenters. The quantitative estimate of drug-likeness (QED) is 0.866. The summed E-state index contributed by atoms with van der Waals surface area (Å²) in [4.78, 5) is 1.40. The number of hydrogen-bond donors (Lipinski definition) is 1. The maximum Gasteiger partial charge on any atom is 0.176 e. The maximum absolute atomic E-state index is 11.8. The molecule has 1 fully saturated rings. The Hall–Kier alpha value is -0.520. The Labute approximate surface area is 113 Å². The van der Waals surface area contributed by atoms with Crippen molar-refractivity contribution in [2.45, 2.75) is 28.6 Å². The summed E-state index contributed by atoms with van der Waals surface area (Å²) >= 11 is 1.54. The minimum Gasteiger partial charge on any atom is -0.316 e. The highest BCUT2D eigenvalue weighted by Crippen LogP contribution is 2.35. The van der Waals surface area contributed by atoms with Crippen LogP contribution in [-0.4, -0.2) is 34.0 Å². The van der Waals surface area contributed by atoms with Gasteiger partial charge in [-0.05, 0) is 43.2 Å². The molecular weight excluding hydrogens is 266 g/mol. The van der Waals surface area contributed by atoms with Gasteiger partial charge in [-0.15, -0.1) is 11.8 Å². The lowest BCUT2D eigenvalue weighted by Gasteiger charge is -2.25. The molecular formula is C13H19NO2S2. The Morgan fingerprint density at radius 2 is 2.17 bits per heavy atom. The molecule has 0 aromatic heterocycles. The number of benzene rings is 1. The highest BCUT2D eigenvalue weighted by molar-refractivity contribution is 7.99. The van der Waals surface area contributed by atoms with Crippen LogP contribution in [0.5, 0.6) is 0 Å². The number of thioether (sulfide) groups is 1. The van der Waals surface area contributed by atoms with Crippen LogP contribution in [0.4, 0.5) is 0 Å². The second-order valence-corrected chi connectivity index (χ2v) is 7.49. The fourth-order valence-corrected chi connectivity index (χ4v) is 4.71. The molecule has 1 heterocycles. The SMILES string of the molecule is CSc1c(C2CCCNC2)cccc1S(C)(=O)=O. The second-order valence-electron chi connectivity index (χ2n) is 4.69. The first-order chi connectivity index (χ1) is 8.54. The van der Waals surface area contributed by atoms with E-state index in [1.165, 1.54) is 23.6 Å². The van der Waals surface area contributed by atoms with Gasteiger partial charge in [0, 0.05) is 17.7 Å². The van der Waals surface area contributed by atoms with Gasteiger partial charge in [0.05, 0.1) is 4.90 Å². The Bertz CT molecular complexity index is 520. The van der Waals surface area contributed by atoms with Gasteiger partial charge in [0.1, 0.15) is 0 Å². The van der Waals surface area contributed by atoms with Crippen molar-refractivity contribution in [3.8, 4) is 0 Å². The number of piperidine rings is 1. The molecule has 1 aromatic rings. The zero-order chi connectivity index (χ0) is 13.2. The number of hydrogen-bond acceptors (Lipinski definition) is 4. The van der Waals surface area contributed by atoms with Gasteiger partial charge < -0.3 is 5.32 Å². The van der Waals surface area contributed by atoms with E-state index in [9.17, 15) is 8.42 Å². The lowest BCUT2D eigenvalue weighted by molar-refractivity contribution is 0.456. The van der Waals surface area contributed by atoms with E-state index < -0.39 is 9.84 Å². The molecule has 2 rings (SSSR count). The molecule has 1 aliphatic heterocycles. The first kappa shape index (κ1) is 13.9. The van der Waals surface area contributed by atoms with Gasteiger partial charge in [0.2, 0.25) is 0 Å². The summed E-state index contributed by atoms with van der Waals surface area (Å²) in [5, 5.41) is 3.38. The molecule has 0 aliphatic carbocycles. The largest absolute Gasteiger partial charge is 0.316 e. The van der Waals surface area contributed by atoms with Crippen LogP contribution in [0, 0.1) is 0 Å². The van der Waals surface area contributed by atoms with Crippen LogP contribution >= 0.6 is 11.8 Å². The van der Waals surface area contributed by atoms with Crippen molar-refractivity contribution >= 4 is 21.6 Å². The van der Waals surface area contributed by atoms with Crippen molar-refractivity contribution < 1.29 is 8.42 Å². The zero-order valence-corrected chi connectivity index (χ0v) is 12.4. The molecule has 18 heavy (non-hydrogen) atoms. The monoisotopic (exact) mass is 285 g/mol. The summed E-state index contributed by atoms with van der Waals surface area (Å²) in [5.74, 6) is 0.433. The number of sulfone groups is 1. The average molecular weight is 285 g/mol. The molecule has 3 nitrogen and oxygen atoms in total. The smallest absolute Gasteiger partial charge is 0.176 e. The predicted octanol–water partition coefficient (Wildman–Crippen LogP) is 2.28. The van der Waals surface area contributed by atoms with E-state index in [2.05, 4.69) is 11.4 Å². The Kier molecular flexibility index (Phi) is 4.35. The van der Waals surface area contributed by atoms with Gasteiger partial charge >= 0.3 is 0 Å². The van der Waals surface area contributed by atoms with E-state index in [0.29, 0.717) is 10.8 Å². The predicted molar refractivity (Wildman–Crippen MR) is 76.2 cm³/mol. The van der Waals surface area contributed by atoms with Crippen LogP contribution in [0.15, 0.2) is 28.0 Å². The number of nitrogens with one attached hydrogen (secondary N) is 1. The van der Waals surface area contributed by atoms with Crippen LogP contribution in [0.2, 0.25) is 0 Å². The van der Waals surface area contributed by atoms with Gasteiger partial charge in [0.25, 0.3) is 0 Å². The van der Waals surface area contributed by atoms with Crippen LogP contribution < -0.4 is 5.32 Å². The van der Waals surface area contributed by atoms with Crippen molar-refractivity contribution in [2.24, 2.45) is 0 Å². The van der Waals surface area contributed by atoms with Crippen LogP contribution in [0.3, 0.4) is 0 Å². The van der Waals surface area contributed by atoms with E-state index in [-0.39, 0.29) is 0 Å². The third-order valence-electron chi connectivity index (χ3n) is 3.35. The van der Waals surface area contributed by atoms with Crippen molar-refractivity contribution in [1.29, 1.82) is 0 Å². The molecule has 5 heteroatoms. The molecule has 0 amide bonds. The molecule has 1 saturated heterocycles. The zero-order valence-electron chi connectivity index (χ0n) is 10.8. The third-order valence-corrected chi connectivity index (χ3v) is 5.48. The minimum absolute atomic E-state index is 0.433. The topological polar surface area (TPSA) is 46.2 Å². The van der Waals surface area contributed by atoms with Gasteiger partial charge in [-0.3, -0.25) is 0 Å². The van der Waals surface area contributed by atoms with Crippen LogP contribution in [-0.2, 0) is 9.84 Å². The summed E-state index contributed by atoms with van der Waals surface area (Å²) in [6.07, 6.45) is 5.52. The summed E-state index contributed by atoms with van der Waals surface area (Å²) in [7, 11) is -3.15. The standard InChI is InChI=1S/C13H19NO2S2/c1-17-13-11(10-5-4-8-14-9-10)6-3-7-12(13)18(2,15)16/h3,6-7,10,14H,4-5,8-9H2,1-2H3. The van der Waals surface area contributed by atoms with Crippen LogP contribution in [0.1, 0.15) is 24.3 Å². The Balaban J connectivity index is 2.47. The normalized spacial score (nSPS) is 20.9. The van der Waals surface area contributed by atoms with Crippen molar-refractivity contribution in [1.82, 2.24) is 5.32 Å². The Morgan fingerprint density at radius 3 is 2.72 bits per heavy atom. The first-order valence-corrected chi connectivity index (χ1v) is 9.23. The fraction of sp³-hybridized carbons (Fsp3) is 0.538. The highest BCUT2D eigenvalue weighted by atomic mass is 32.2. The molecule has 0 bridgehead atoms. The summed E-state index contributed by atoms with van der Waals surface area (Å²) in [5.41, 5.74) is 1.18. The first-order valence-electron chi connectivity index (χ1n) is 6.11. The van der Waals surface area contributed by atoms with E-state index >= 15 is 0 Å². The molecule has 100 valence electrons. The molecule has 0 saturated carbocycles. The van der Waals surface area contributed by atoms with Gasteiger partial charge in [-0.25, -0.2) is 8.42 Å². The molecule has 0 spiro atoms. The molecule has 1 aliphatic rings. The van der Waals surface area contributed by atoms with Crippen molar-refractivity contribution in [2.75, 3.05) is 25.6 Å². The number of rotatable bonds is 3. The van der Waals surface area contributed by atoms with Crippen molar-refractivity contribution in [3.05, 3.63) is 23.8 Å². The van der Waals surface area contributed by atoms with E-state index in [0.717, 1.165) is 30.8 Å². The second kappa shape index (κ2) is 5.63. The summed E-state index contributed by atoms with van der Waals surface area (Å²) in [6, 6.07) is 5.64. The third kappa shape index (κ3) is 2.90. The Morgan fingerprint density at radius 1 is 1.39 bits per heavy atom. The summed E-state index contributed by atoms with van der Waals surface area (Å²) in [6.45, 7) is 2.01. The van der Waals surface area contributed by atoms with Gasteiger partial charge in [0.15, 0.2) is 9.84 Å². The lowest BCUT2D eigenvalue weighted by atomic mass is 9.92. The highest BCUT2D eigenvalue weighted by Gasteiger charge is 2.22. The van der Waals surface area contributed by atoms with Gasteiger partial charge in [-0.2, -0.15) is 0 Å². The summed E-state index contributed by atoms with van der Waals surface area (Å²) < 4.78 is 23.6. The van der Waals surface area contributed by atoms with E-state index in [1.807, 2.05) is 12.3 Å². The molecule has 1 unspecified atom stereocenters. The van der Waals surface area contributed by atoms with Crippen molar-refractivity contribution in [3.63, 3.8) is 0 Å².